The van der Waals surface area contributed by atoms with E-state index in [1.807, 2.05) is 17.5 Å². The standard InChI is InChI=1S/C20H15N5O2S2/c26-17(10-16-12-29-19(24-16)14-2-1-7-21-11-14)23-15-5-3-13(4-6-15)18(27)25-20-22-8-9-28-20/h1-9,11-12H,10H2,(H,23,26)(H,22,25,27). The molecule has 0 atom stereocenters. The lowest BCUT2D eigenvalue weighted by Gasteiger charge is -2.06. The summed E-state index contributed by atoms with van der Waals surface area (Å²) in [5.74, 6) is -0.420. The number of hydrogen-bond donors (Lipinski definition) is 2. The van der Waals surface area contributed by atoms with Crippen molar-refractivity contribution in [2.24, 2.45) is 0 Å². The fraction of sp³-hybridized carbons (Fsp3) is 0.0500. The van der Waals surface area contributed by atoms with Crippen LogP contribution >= 0.6 is 22.7 Å². The van der Waals surface area contributed by atoms with Gasteiger partial charge in [0.25, 0.3) is 5.91 Å². The largest absolute Gasteiger partial charge is 0.326 e. The summed E-state index contributed by atoms with van der Waals surface area (Å²) < 4.78 is 0. The number of hydrogen-bond acceptors (Lipinski definition) is 7. The van der Waals surface area contributed by atoms with E-state index in [2.05, 4.69) is 25.6 Å². The second kappa shape index (κ2) is 8.72. The molecule has 0 unspecified atom stereocenters. The Morgan fingerprint density at radius 1 is 1.00 bits per heavy atom. The van der Waals surface area contributed by atoms with Gasteiger partial charge in [-0.3, -0.25) is 19.9 Å². The number of benzene rings is 1. The number of pyridine rings is 1. The molecule has 2 N–H and O–H groups in total. The van der Waals surface area contributed by atoms with Gasteiger partial charge < -0.3 is 5.32 Å². The van der Waals surface area contributed by atoms with Gasteiger partial charge in [0.1, 0.15) is 5.01 Å². The molecule has 0 radical (unpaired) electrons. The number of nitrogens with one attached hydrogen (secondary N) is 2. The lowest BCUT2D eigenvalue weighted by Crippen LogP contribution is -2.15. The molecule has 0 fully saturated rings. The molecular weight excluding hydrogens is 406 g/mol. The lowest BCUT2D eigenvalue weighted by molar-refractivity contribution is -0.115. The summed E-state index contributed by atoms with van der Waals surface area (Å²) >= 11 is 2.83. The molecule has 9 heteroatoms. The van der Waals surface area contributed by atoms with Crippen molar-refractivity contribution in [2.75, 3.05) is 10.6 Å². The third-order valence-electron chi connectivity index (χ3n) is 3.89. The van der Waals surface area contributed by atoms with Crippen molar-refractivity contribution in [2.45, 2.75) is 6.42 Å². The number of thiazole rings is 2. The molecule has 4 rings (SSSR count). The Hall–Kier alpha value is -3.43. The minimum atomic E-state index is -0.247. The van der Waals surface area contributed by atoms with E-state index in [-0.39, 0.29) is 18.2 Å². The maximum absolute atomic E-state index is 12.3. The fourth-order valence-corrected chi connectivity index (χ4v) is 3.87. The van der Waals surface area contributed by atoms with Gasteiger partial charge in [-0.1, -0.05) is 0 Å². The first-order valence-corrected chi connectivity index (χ1v) is 10.4. The number of amides is 2. The average Bonchev–Trinajstić information content (AvgIpc) is 3.41. The highest BCUT2D eigenvalue weighted by Gasteiger charge is 2.11. The first-order chi connectivity index (χ1) is 14.2. The molecule has 4 aromatic rings. The predicted molar refractivity (Wildman–Crippen MR) is 114 cm³/mol. The summed E-state index contributed by atoms with van der Waals surface area (Å²) in [6.07, 6.45) is 5.25. The molecule has 0 aliphatic carbocycles. The lowest BCUT2D eigenvalue weighted by atomic mass is 10.2. The topological polar surface area (TPSA) is 96.9 Å². The van der Waals surface area contributed by atoms with E-state index >= 15 is 0 Å². The molecule has 0 saturated heterocycles. The van der Waals surface area contributed by atoms with Crippen molar-refractivity contribution >= 4 is 45.3 Å². The highest BCUT2D eigenvalue weighted by atomic mass is 32.1. The molecule has 29 heavy (non-hydrogen) atoms. The molecule has 0 aliphatic heterocycles. The van der Waals surface area contributed by atoms with Crippen LogP contribution in [0.1, 0.15) is 16.1 Å². The molecule has 0 aliphatic rings. The minimum Gasteiger partial charge on any atom is -0.326 e. The zero-order valence-corrected chi connectivity index (χ0v) is 16.7. The number of anilines is 2. The highest BCUT2D eigenvalue weighted by Crippen LogP contribution is 2.23. The summed E-state index contributed by atoms with van der Waals surface area (Å²) in [7, 11) is 0. The van der Waals surface area contributed by atoms with Crippen molar-refractivity contribution in [3.63, 3.8) is 0 Å². The Labute approximate surface area is 174 Å². The van der Waals surface area contributed by atoms with Gasteiger partial charge in [0.15, 0.2) is 5.13 Å². The van der Waals surface area contributed by atoms with E-state index in [0.29, 0.717) is 22.1 Å². The fourth-order valence-electron chi connectivity index (χ4n) is 2.54. The molecule has 3 heterocycles. The van der Waals surface area contributed by atoms with Gasteiger partial charge in [0.2, 0.25) is 5.91 Å². The molecule has 0 spiro atoms. The average molecular weight is 422 g/mol. The second-order valence-corrected chi connectivity index (χ2v) is 7.73. The molecule has 2 amide bonds. The zero-order valence-electron chi connectivity index (χ0n) is 15.0. The summed E-state index contributed by atoms with van der Waals surface area (Å²) in [4.78, 5) is 37.1. The third-order valence-corrected chi connectivity index (χ3v) is 5.51. The summed E-state index contributed by atoms with van der Waals surface area (Å²) in [6, 6.07) is 10.5. The van der Waals surface area contributed by atoms with Crippen molar-refractivity contribution in [1.82, 2.24) is 15.0 Å². The predicted octanol–water partition coefficient (Wildman–Crippen LogP) is 4.10. The van der Waals surface area contributed by atoms with Gasteiger partial charge in [-0.15, -0.1) is 22.7 Å². The number of rotatable bonds is 6. The molecule has 3 aromatic heterocycles. The van der Waals surface area contributed by atoms with Crippen LogP contribution in [0.2, 0.25) is 0 Å². The summed E-state index contributed by atoms with van der Waals surface area (Å²) in [5, 5.41) is 10.6. The third kappa shape index (κ3) is 4.89. The van der Waals surface area contributed by atoms with Gasteiger partial charge in [0.05, 0.1) is 12.1 Å². The van der Waals surface area contributed by atoms with Crippen LogP contribution in [0.3, 0.4) is 0 Å². The Morgan fingerprint density at radius 2 is 1.86 bits per heavy atom. The number of carbonyl (C=O) groups is 2. The quantitative estimate of drug-likeness (QED) is 0.489. The van der Waals surface area contributed by atoms with Crippen molar-refractivity contribution in [3.8, 4) is 10.6 Å². The van der Waals surface area contributed by atoms with Crippen LogP contribution in [0.25, 0.3) is 10.6 Å². The minimum absolute atomic E-state index is 0.170. The molecule has 0 bridgehead atoms. The van der Waals surface area contributed by atoms with Crippen molar-refractivity contribution < 1.29 is 9.59 Å². The smallest absolute Gasteiger partial charge is 0.257 e. The monoisotopic (exact) mass is 421 g/mol. The van der Waals surface area contributed by atoms with Crippen LogP contribution in [-0.2, 0) is 11.2 Å². The SMILES string of the molecule is O=C(Cc1csc(-c2cccnc2)n1)Nc1ccc(C(=O)Nc2nccs2)cc1. The molecule has 7 nitrogen and oxygen atoms in total. The van der Waals surface area contributed by atoms with Crippen LogP contribution in [0.5, 0.6) is 0 Å². The number of aromatic nitrogens is 3. The van der Waals surface area contributed by atoms with Crippen LogP contribution < -0.4 is 10.6 Å². The van der Waals surface area contributed by atoms with Crippen LogP contribution in [0.15, 0.2) is 65.7 Å². The summed E-state index contributed by atoms with van der Waals surface area (Å²) in [5.41, 5.74) is 2.73. The normalized spacial score (nSPS) is 10.5. The second-order valence-electron chi connectivity index (χ2n) is 5.98. The number of carbonyl (C=O) groups excluding carboxylic acids is 2. The Morgan fingerprint density at radius 3 is 2.59 bits per heavy atom. The molecular formula is C20H15N5O2S2. The van der Waals surface area contributed by atoms with Gasteiger partial charge in [0, 0.05) is 46.2 Å². The van der Waals surface area contributed by atoms with E-state index in [4.69, 9.17) is 0 Å². The van der Waals surface area contributed by atoms with Crippen LogP contribution in [0, 0.1) is 0 Å². The first kappa shape index (κ1) is 18.9. The summed E-state index contributed by atoms with van der Waals surface area (Å²) in [6.45, 7) is 0. The van der Waals surface area contributed by atoms with E-state index in [1.165, 1.54) is 22.7 Å². The van der Waals surface area contributed by atoms with E-state index in [9.17, 15) is 9.59 Å². The Kier molecular flexibility index (Phi) is 5.68. The first-order valence-electron chi connectivity index (χ1n) is 8.63. The van der Waals surface area contributed by atoms with E-state index in [1.54, 1.807) is 48.2 Å². The van der Waals surface area contributed by atoms with Crippen molar-refractivity contribution in [1.29, 1.82) is 0 Å². The van der Waals surface area contributed by atoms with E-state index < -0.39 is 0 Å². The van der Waals surface area contributed by atoms with Gasteiger partial charge >= 0.3 is 0 Å². The molecule has 1 aromatic carbocycles. The van der Waals surface area contributed by atoms with Gasteiger partial charge in [-0.25, -0.2) is 9.97 Å². The maximum Gasteiger partial charge on any atom is 0.257 e. The molecule has 144 valence electrons. The van der Waals surface area contributed by atoms with Gasteiger partial charge in [-0.05, 0) is 36.4 Å². The Bertz CT molecular complexity index is 1110. The van der Waals surface area contributed by atoms with Crippen LogP contribution in [-0.4, -0.2) is 26.8 Å². The highest BCUT2D eigenvalue weighted by molar-refractivity contribution is 7.13. The van der Waals surface area contributed by atoms with Gasteiger partial charge in [-0.2, -0.15) is 0 Å². The number of nitrogens with zero attached hydrogens (tertiary/aromatic N) is 3. The van der Waals surface area contributed by atoms with Crippen LogP contribution in [0.4, 0.5) is 10.8 Å². The van der Waals surface area contributed by atoms with E-state index in [0.717, 1.165) is 10.6 Å². The zero-order chi connectivity index (χ0) is 20.1. The maximum atomic E-state index is 12.3. The Balaban J connectivity index is 1.34. The molecule has 0 saturated carbocycles. The van der Waals surface area contributed by atoms with Crippen molar-refractivity contribution in [3.05, 3.63) is 77.0 Å².